The molecule has 1 amide bonds. The number of hydrogen-bond donors (Lipinski definition) is 1. The number of nitrogens with one attached hydrogen (secondary N) is 1. The molecule has 0 unspecified atom stereocenters. The number of rotatable bonds is 6. The number of amides is 1. The van der Waals surface area contributed by atoms with Gasteiger partial charge in [-0.25, -0.2) is 9.97 Å². The average molecular weight is 412 g/mol. The zero-order chi connectivity index (χ0) is 20.8. The van der Waals surface area contributed by atoms with Crippen LogP contribution in [0.25, 0.3) is 22.5 Å². The third kappa shape index (κ3) is 5.13. The van der Waals surface area contributed by atoms with E-state index in [1.807, 2.05) is 97.9 Å². The molecular weight excluding hydrogens is 390 g/mol. The van der Waals surface area contributed by atoms with E-state index in [9.17, 15) is 4.79 Å². The predicted molar refractivity (Wildman–Crippen MR) is 123 cm³/mol. The van der Waals surface area contributed by atoms with Gasteiger partial charge in [0, 0.05) is 16.8 Å². The Bertz CT molecular complexity index is 1090. The van der Waals surface area contributed by atoms with E-state index in [2.05, 4.69) is 5.32 Å². The first-order valence-corrected chi connectivity index (χ1v) is 10.7. The molecule has 0 bridgehead atoms. The quantitative estimate of drug-likeness (QED) is 0.319. The maximum absolute atomic E-state index is 12.4. The zero-order valence-corrected chi connectivity index (χ0v) is 17.4. The number of carbonyl (C=O) groups is 1. The van der Waals surface area contributed by atoms with Gasteiger partial charge in [-0.1, -0.05) is 84.6 Å². The van der Waals surface area contributed by atoms with Crippen molar-refractivity contribution < 1.29 is 4.79 Å². The largest absolute Gasteiger partial charge is 0.325 e. The first-order valence-electron chi connectivity index (χ1n) is 9.66. The molecule has 0 spiro atoms. The van der Waals surface area contributed by atoms with Crippen LogP contribution < -0.4 is 5.32 Å². The summed E-state index contributed by atoms with van der Waals surface area (Å²) in [6.07, 6.45) is 0. The van der Waals surface area contributed by atoms with Crippen LogP contribution in [0.2, 0.25) is 0 Å². The van der Waals surface area contributed by atoms with Crippen LogP contribution in [-0.4, -0.2) is 21.6 Å². The fourth-order valence-corrected chi connectivity index (χ4v) is 3.71. The Morgan fingerprint density at radius 3 is 1.97 bits per heavy atom. The smallest absolute Gasteiger partial charge is 0.234 e. The minimum atomic E-state index is -0.0828. The molecule has 0 aliphatic carbocycles. The Kier molecular flexibility index (Phi) is 6.20. The molecule has 0 fully saturated rings. The lowest BCUT2D eigenvalue weighted by Crippen LogP contribution is -2.14. The molecule has 0 atom stereocenters. The Morgan fingerprint density at radius 2 is 1.40 bits per heavy atom. The van der Waals surface area contributed by atoms with Crippen molar-refractivity contribution in [2.75, 3.05) is 11.1 Å². The van der Waals surface area contributed by atoms with Crippen molar-refractivity contribution in [1.29, 1.82) is 0 Å². The molecule has 30 heavy (non-hydrogen) atoms. The van der Waals surface area contributed by atoms with Gasteiger partial charge in [0.1, 0.15) is 0 Å². The second-order valence-corrected chi connectivity index (χ2v) is 7.80. The summed E-state index contributed by atoms with van der Waals surface area (Å²) in [7, 11) is 0. The van der Waals surface area contributed by atoms with Crippen LogP contribution in [0.3, 0.4) is 0 Å². The SMILES string of the molecule is Cc1cccc(NC(=O)CSc2nc(-c3ccccc3)cc(-c3ccccc3)n2)c1. The van der Waals surface area contributed by atoms with Crippen molar-refractivity contribution in [2.24, 2.45) is 0 Å². The molecule has 1 aromatic heterocycles. The summed E-state index contributed by atoms with van der Waals surface area (Å²) in [5, 5.41) is 3.51. The van der Waals surface area contributed by atoms with Gasteiger partial charge in [-0.3, -0.25) is 4.79 Å². The van der Waals surface area contributed by atoms with Crippen LogP contribution in [0.4, 0.5) is 5.69 Å². The molecule has 0 saturated carbocycles. The highest BCUT2D eigenvalue weighted by atomic mass is 32.2. The minimum absolute atomic E-state index is 0.0828. The number of aromatic nitrogens is 2. The van der Waals surface area contributed by atoms with E-state index in [0.717, 1.165) is 33.8 Å². The van der Waals surface area contributed by atoms with Crippen molar-refractivity contribution in [2.45, 2.75) is 12.1 Å². The second kappa shape index (κ2) is 9.37. The van der Waals surface area contributed by atoms with Crippen LogP contribution in [0, 0.1) is 6.92 Å². The molecule has 0 saturated heterocycles. The molecule has 5 heteroatoms. The summed E-state index contributed by atoms with van der Waals surface area (Å²) >= 11 is 1.34. The maximum Gasteiger partial charge on any atom is 0.234 e. The highest BCUT2D eigenvalue weighted by Gasteiger charge is 2.11. The van der Waals surface area contributed by atoms with E-state index in [1.54, 1.807) is 0 Å². The van der Waals surface area contributed by atoms with E-state index >= 15 is 0 Å². The number of hydrogen-bond acceptors (Lipinski definition) is 4. The van der Waals surface area contributed by atoms with E-state index in [0.29, 0.717) is 5.16 Å². The van der Waals surface area contributed by atoms with E-state index < -0.39 is 0 Å². The Balaban J connectivity index is 1.56. The predicted octanol–water partition coefficient (Wildman–Crippen LogP) is 5.85. The Labute approximate surface area is 180 Å². The number of carbonyl (C=O) groups excluding carboxylic acids is 1. The standard InChI is InChI=1S/C25H21N3OS/c1-18-9-8-14-21(15-18)26-24(29)17-30-25-27-22(19-10-4-2-5-11-19)16-23(28-25)20-12-6-3-7-13-20/h2-16H,17H2,1H3,(H,26,29). The van der Waals surface area contributed by atoms with Crippen molar-refractivity contribution >= 4 is 23.4 Å². The van der Waals surface area contributed by atoms with Crippen molar-refractivity contribution in [3.05, 3.63) is 96.6 Å². The number of nitrogens with zero attached hydrogens (tertiary/aromatic N) is 2. The van der Waals surface area contributed by atoms with Crippen LogP contribution in [0.5, 0.6) is 0 Å². The lowest BCUT2D eigenvalue weighted by Gasteiger charge is -2.09. The van der Waals surface area contributed by atoms with Gasteiger partial charge in [0.2, 0.25) is 5.91 Å². The summed E-state index contributed by atoms with van der Waals surface area (Å²) in [6, 6.07) is 29.8. The minimum Gasteiger partial charge on any atom is -0.325 e. The van der Waals surface area contributed by atoms with Gasteiger partial charge in [0.15, 0.2) is 5.16 Å². The van der Waals surface area contributed by atoms with Crippen LogP contribution in [-0.2, 0) is 4.79 Å². The summed E-state index contributed by atoms with van der Waals surface area (Å²) < 4.78 is 0. The topological polar surface area (TPSA) is 54.9 Å². The van der Waals surface area contributed by atoms with Crippen molar-refractivity contribution in [3.63, 3.8) is 0 Å². The van der Waals surface area contributed by atoms with Crippen molar-refractivity contribution in [3.8, 4) is 22.5 Å². The fourth-order valence-electron chi connectivity index (χ4n) is 3.05. The third-order valence-electron chi connectivity index (χ3n) is 4.48. The van der Waals surface area contributed by atoms with E-state index in [4.69, 9.17) is 9.97 Å². The molecule has 3 aromatic carbocycles. The van der Waals surface area contributed by atoms with Crippen LogP contribution in [0.15, 0.2) is 96.2 Å². The molecule has 0 aliphatic rings. The first-order chi connectivity index (χ1) is 14.7. The zero-order valence-electron chi connectivity index (χ0n) is 16.6. The molecular formula is C25H21N3OS. The molecule has 1 N–H and O–H groups in total. The summed E-state index contributed by atoms with van der Waals surface area (Å²) in [4.78, 5) is 21.8. The van der Waals surface area contributed by atoms with Crippen LogP contribution >= 0.6 is 11.8 Å². The van der Waals surface area contributed by atoms with Gasteiger partial charge >= 0.3 is 0 Å². The molecule has 148 valence electrons. The molecule has 4 aromatic rings. The number of benzene rings is 3. The first kappa shape index (κ1) is 19.9. The average Bonchev–Trinajstić information content (AvgIpc) is 2.79. The monoisotopic (exact) mass is 411 g/mol. The molecule has 4 rings (SSSR count). The maximum atomic E-state index is 12.4. The highest BCUT2D eigenvalue weighted by Crippen LogP contribution is 2.27. The van der Waals surface area contributed by atoms with Gasteiger partial charge in [0.05, 0.1) is 17.1 Å². The second-order valence-electron chi connectivity index (χ2n) is 6.86. The highest BCUT2D eigenvalue weighted by molar-refractivity contribution is 7.99. The number of thioether (sulfide) groups is 1. The van der Waals surface area contributed by atoms with Crippen LogP contribution in [0.1, 0.15) is 5.56 Å². The van der Waals surface area contributed by atoms with Crippen molar-refractivity contribution in [1.82, 2.24) is 9.97 Å². The van der Waals surface area contributed by atoms with Gasteiger partial charge in [0.25, 0.3) is 0 Å². The van der Waals surface area contributed by atoms with Gasteiger partial charge in [-0.15, -0.1) is 0 Å². The van der Waals surface area contributed by atoms with E-state index in [1.165, 1.54) is 11.8 Å². The Hall–Kier alpha value is -3.44. The van der Waals surface area contributed by atoms with E-state index in [-0.39, 0.29) is 11.7 Å². The fraction of sp³-hybridized carbons (Fsp3) is 0.0800. The molecule has 0 aliphatic heterocycles. The summed E-state index contributed by atoms with van der Waals surface area (Å²) in [5.41, 5.74) is 5.61. The summed E-state index contributed by atoms with van der Waals surface area (Å²) in [5.74, 6) is 0.154. The van der Waals surface area contributed by atoms with Gasteiger partial charge < -0.3 is 5.32 Å². The lowest BCUT2D eigenvalue weighted by molar-refractivity contribution is -0.113. The van der Waals surface area contributed by atoms with Gasteiger partial charge in [-0.2, -0.15) is 0 Å². The molecule has 0 radical (unpaired) electrons. The molecule has 4 nitrogen and oxygen atoms in total. The summed E-state index contributed by atoms with van der Waals surface area (Å²) in [6.45, 7) is 2.00. The number of anilines is 1. The normalized spacial score (nSPS) is 10.6. The lowest BCUT2D eigenvalue weighted by atomic mass is 10.1. The third-order valence-corrected chi connectivity index (χ3v) is 5.33. The number of aryl methyl sites for hydroxylation is 1. The van der Waals surface area contributed by atoms with Gasteiger partial charge in [-0.05, 0) is 30.7 Å². The Morgan fingerprint density at radius 1 is 0.800 bits per heavy atom. The molecule has 1 heterocycles.